The largest absolute Gasteiger partial charge is 0.304 e. The third kappa shape index (κ3) is 3.89. The lowest BCUT2D eigenvalue weighted by Gasteiger charge is -2.24. The van der Waals surface area contributed by atoms with Crippen LogP contribution in [0.1, 0.15) is 36.0 Å². The first-order valence-corrected chi connectivity index (χ1v) is 7.92. The Morgan fingerprint density at radius 2 is 2.22 bits per heavy atom. The summed E-state index contributed by atoms with van der Waals surface area (Å²) >= 11 is 0. The highest BCUT2D eigenvalue weighted by Crippen LogP contribution is 2.31. The average Bonchev–Trinajstić information content (AvgIpc) is 2.97. The normalized spacial score (nSPS) is 18.7. The summed E-state index contributed by atoms with van der Waals surface area (Å²) < 4.78 is 13.9. The molecule has 5 nitrogen and oxygen atoms in total. The highest BCUT2D eigenvalue weighted by molar-refractivity contribution is 5.12. The highest BCUT2D eigenvalue weighted by Gasteiger charge is 2.28. The number of hydrogen-bond acceptors (Lipinski definition) is 5. The van der Waals surface area contributed by atoms with Crippen LogP contribution in [0.5, 0.6) is 0 Å². The molecule has 122 valence electrons. The van der Waals surface area contributed by atoms with Gasteiger partial charge in [0.05, 0.1) is 23.1 Å². The van der Waals surface area contributed by atoms with Crippen LogP contribution in [0.25, 0.3) is 0 Å². The molecule has 3 heterocycles. The molecule has 3 rings (SSSR count). The van der Waals surface area contributed by atoms with Gasteiger partial charge in [-0.2, -0.15) is 0 Å². The molecule has 0 saturated carbocycles. The molecule has 1 fully saturated rings. The van der Waals surface area contributed by atoms with Crippen LogP contribution in [0.15, 0.2) is 30.7 Å². The molecule has 1 aliphatic heterocycles. The summed E-state index contributed by atoms with van der Waals surface area (Å²) in [5.74, 6) is -0.245. The lowest BCUT2D eigenvalue weighted by molar-refractivity contribution is 0.236. The predicted octanol–water partition coefficient (Wildman–Crippen LogP) is 2.41. The lowest BCUT2D eigenvalue weighted by Crippen LogP contribution is -2.25. The molecule has 0 radical (unpaired) electrons. The molecular weight excluding hydrogens is 293 g/mol. The topological polar surface area (TPSA) is 45.2 Å². The van der Waals surface area contributed by atoms with E-state index in [4.69, 9.17) is 4.98 Å². The van der Waals surface area contributed by atoms with E-state index in [0.29, 0.717) is 12.2 Å². The van der Waals surface area contributed by atoms with Crippen LogP contribution in [0.2, 0.25) is 0 Å². The van der Waals surface area contributed by atoms with E-state index in [-0.39, 0.29) is 11.9 Å². The number of likely N-dealkylation sites (tertiary alicyclic amines) is 1. The molecule has 1 aliphatic rings. The Hall–Kier alpha value is -1.92. The van der Waals surface area contributed by atoms with Crippen molar-refractivity contribution >= 4 is 0 Å². The molecule has 0 aromatic carbocycles. The number of hydrogen-bond donors (Lipinski definition) is 0. The molecule has 0 bridgehead atoms. The Morgan fingerprint density at radius 1 is 1.35 bits per heavy atom. The van der Waals surface area contributed by atoms with Crippen LogP contribution in [0, 0.1) is 5.82 Å². The average molecular weight is 315 g/mol. The van der Waals surface area contributed by atoms with Gasteiger partial charge in [0.1, 0.15) is 5.82 Å². The van der Waals surface area contributed by atoms with Crippen molar-refractivity contribution in [3.63, 3.8) is 0 Å². The summed E-state index contributed by atoms with van der Waals surface area (Å²) in [4.78, 5) is 17.6. The van der Waals surface area contributed by atoms with E-state index in [1.807, 2.05) is 20.3 Å². The molecule has 1 saturated heterocycles. The second-order valence-electron chi connectivity index (χ2n) is 6.23. The van der Waals surface area contributed by atoms with Crippen molar-refractivity contribution in [1.29, 1.82) is 0 Å². The maximum atomic E-state index is 13.9. The van der Waals surface area contributed by atoms with Gasteiger partial charge in [-0.1, -0.05) is 0 Å². The van der Waals surface area contributed by atoms with E-state index in [2.05, 4.69) is 19.8 Å². The number of nitrogens with zero attached hydrogens (tertiary/aromatic N) is 5. The lowest BCUT2D eigenvalue weighted by atomic mass is 10.1. The van der Waals surface area contributed by atoms with Gasteiger partial charge in [-0.15, -0.1) is 0 Å². The summed E-state index contributed by atoms with van der Waals surface area (Å²) in [7, 11) is 4.03. The molecule has 0 aliphatic carbocycles. The third-order valence-electron chi connectivity index (χ3n) is 4.07. The predicted molar refractivity (Wildman–Crippen MR) is 86.0 cm³/mol. The maximum absolute atomic E-state index is 13.9. The van der Waals surface area contributed by atoms with Crippen LogP contribution < -0.4 is 0 Å². The molecule has 6 heteroatoms. The van der Waals surface area contributed by atoms with Gasteiger partial charge in [-0.3, -0.25) is 19.9 Å². The Morgan fingerprint density at radius 3 is 3.00 bits per heavy atom. The first-order chi connectivity index (χ1) is 11.1. The maximum Gasteiger partial charge on any atom is 0.146 e. The van der Waals surface area contributed by atoms with Gasteiger partial charge in [-0.25, -0.2) is 4.39 Å². The number of halogens is 1. The molecule has 2 aromatic heterocycles. The molecule has 0 unspecified atom stereocenters. The van der Waals surface area contributed by atoms with Crippen LogP contribution in [-0.2, 0) is 13.1 Å². The molecule has 2 aromatic rings. The van der Waals surface area contributed by atoms with Gasteiger partial charge in [0.25, 0.3) is 0 Å². The van der Waals surface area contributed by atoms with Crippen molar-refractivity contribution in [3.05, 3.63) is 53.6 Å². The first-order valence-electron chi connectivity index (χ1n) is 7.92. The second-order valence-corrected chi connectivity index (χ2v) is 6.23. The number of aromatic nitrogens is 3. The summed E-state index contributed by atoms with van der Waals surface area (Å²) in [6.07, 6.45) is 7.38. The Balaban J connectivity index is 1.77. The molecule has 0 N–H and O–H groups in total. The Labute approximate surface area is 136 Å². The first kappa shape index (κ1) is 16.0. The third-order valence-corrected chi connectivity index (χ3v) is 4.07. The standard InChI is InChI=1S/C17H22FN5/c1-22(2)11-13-9-19-10-15(21-13)17-6-4-8-23(17)12-16-14(18)5-3-7-20-16/h3,5,7,9-10,17H,4,6,8,11-12H2,1-2H3/t17-/m1/s1. The summed E-state index contributed by atoms with van der Waals surface area (Å²) in [6, 6.07) is 3.27. The van der Waals surface area contributed by atoms with Gasteiger partial charge >= 0.3 is 0 Å². The van der Waals surface area contributed by atoms with E-state index in [1.54, 1.807) is 18.5 Å². The smallest absolute Gasteiger partial charge is 0.146 e. The van der Waals surface area contributed by atoms with E-state index in [9.17, 15) is 4.39 Å². The van der Waals surface area contributed by atoms with E-state index in [1.165, 1.54) is 6.07 Å². The number of pyridine rings is 1. The van der Waals surface area contributed by atoms with Gasteiger partial charge in [0.2, 0.25) is 0 Å². The van der Waals surface area contributed by atoms with Gasteiger partial charge < -0.3 is 4.90 Å². The van der Waals surface area contributed by atoms with Crippen molar-refractivity contribution in [2.75, 3.05) is 20.6 Å². The van der Waals surface area contributed by atoms with E-state index < -0.39 is 0 Å². The Kier molecular flexibility index (Phi) is 4.93. The molecule has 0 amide bonds. The minimum Gasteiger partial charge on any atom is -0.304 e. The van der Waals surface area contributed by atoms with Crippen molar-refractivity contribution in [1.82, 2.24) is 24.8 Å². The van der Waals surface area contributed by atoms with E-state index in [0.717, 1.165) is 37.3 Å². The minimum atomic E-state index is -0.245. The zero-order chi connectivity index (χ0) is 16.2. The molecular formula is C17H22FN5. The second kappa shape index (κ2) is 7.10. The molecule has 23 heavy (non-hydrogen) atoms. The van der Waals surface area contributed by atoms with E-state index >= 15 is 0 Å². The van der Waals surface area contributed by atoms with Crippen LogP contribution in [-0.4, -0.2) is 45.4 Å². The quantitative estimate of drug-likeness (QED) is 0.848. The van der Waals surface area contributed by atoms with Gasteiger partial charge in [0.15, 0.2) is 0 Å². The monoisotopic (exact) mass is 315 g/mol. The zero-order valence-electron chi connectivity index (χ0n) is 13.6. The van der Waals surface area contributed by atoms with Crippen molar-refractivity contribution in [2.45, 2.75) is 32.0 Å². The summed E-state index contributed by atoms with van der Waals surface area (Å²) in [5, 5.41) is 0. The van der Waals surface area contributed by atoms with Crippen LogP contribution in [0.4, 0.5) is 4.39 Å². The summed E-state index contributed by atoms with van der Waals surface area (Å²) in [5.41, 5.74) is 2.43. The molecule has 1 atom stereocenters. The fourth-order valence-electron chi connectivity index (χ4n) is 3.06. The SMILES string of the molecule is CN(C)Cc1cncc([C@H]2CCCN2Cc2ncccc2F)n1. The molecule has 0 spiro atoms. The minimum absolute atomic E-state index is 0.186. The van der Waals surface area contributed by atoms with Crippen molar-refractivity contribution in [2.24, 2.45) is 0 Å². The summed E-state index contributed by atoms with van der Waals surface area (Å²) in [6.45, 7) is 2.21. The van der Waals surface area contributed by atoms with Crippen LogP contribution in [0.3, 0.4) is 0 Å². The fourth-order valence-corrected chi connectivity index (χ4v) is 3.06. The van der Waals surface area contributed by atoms with Crippen LogP contribution >= 0.6 is 0 Å². The fraction of sp³-hybridized carbons (Fsp3) is 0.471. The van der Waals surface area contributed by atoms with Gasteiger partial charge in [-0.05, 0) is 45.6 Å². The van der Waals surface area contributed by atoms with Crippen molar-refractivity contribution < 1.29 is 4.39 Å². The Bertz CT molecular complexity index is 661. The zero-order valence-corrected chi connectivity index (χ0v) is 13.6. The van der Waals surface area contributed by atoms with Crippen molar-refractivity contribution in [3.8, 4) is 0 Å². The van der Waals surface area contributed by atoms with Gasteiger partial charge in [0, 0.05) is 31.7 Å². The number of rotatable bonds is 5. The highest BCUT2D eigenvalue weighted by atomic mass is 19.1.